The first-order valence-corrected chi connectivity index (χ1v) is 6.81. The average molecular weight is 299 g/mol. The highest BCUT2D eigenvalue weighted by molar-refractivity contribution is 5.93. The molecule has 0 aliphatic heterocycles. The summed E-state index contributed by atoms with van der Waals surface area (Å²) >= 11 is 0. The monoisotopic (exact) mass is 299 g/mol. The molecule has 0 aromatic heterocycles. The third kappa shape index (κ3) is 4.34. The van der Waals surface area contributed by atoms with Crippen LogP contribution in [-0.4, -0.2) is 25.6 Å². The van der Waals surface area contributed by atoms with Crippen LogP contribution in [0.15, 0.2) is 54.6 Å². The number of ether oxygens (including phenoxy) is 2. The zero-order valence-corrected chi connectivity index (χ0v) is 12.2. The highest BCUT2D eigenvalue weighted by Crippen LogP contribution is 2.17. The molecule has 5 heteroatoms. The molecule has 2 rings (SSSR count). The first-order valence-electron chi connectivity index (χ1n) is 6.81. The number of nitrogens with one attached hydrogen (secondary N) is 1. The van der Waals surface area contributed by atoms with Crippen molar-refractivity contribution >= 4 is 11.9 Å². The van der Waals surface area contributed by atoms with Crippen molar-refractivity contribution in [3.63, 3.8) is 0 Å². The molecule has 114 valence electrons. The Kier molecular flexibility index (Phi) is 5.54. The van der Waals surface area contributed by atoms with Crippen LogP contribution in [0.4, 0.5) is 0 Å². The van der Waals surface area contributed by atoms with Gasteiger partial charge < -0.3 is 14.8 Å². The van der Waals surface area contributed by atoms with E-state index in [4.69, 9.17) is 9.47 Å². The lowest BCUT2D eigenvalue weighted by Gasteiger charge is -2.09. The molecule has 0 heterocycles. The van der Waals surface area contributed by atoms with E-state index in [2.05, 4.69) is 5.32 Å². The lowest BCUT2D eigenvalue weighted by molar-refractivity contribution is -0.124. The highest BCUT2D eigenvalue weighted by Gasteiger charge is 2.14. The molecule has 2 aromatic carbocycles. The van der Waals surface area contributed by atoms with Gasteiger partial charge in [-0.15, -0.1) is 0 Å². The predicted molar refractivity (Wildman–Crippen MR) is 81.6 cm³/mol. The van der Waals surface area contributed by atoms with Crippen LogP contribution < -0.4 is 10.1 Å². The van der Waals surface area contributed by atoms with Crippen LogP contribution in [0.1, 0.15) is 15.9 Å². The Morgan fingerprint density at radius 3 is 2.41 bits per heavy atom. The Bertz CT molecular complexity index is 640. The molecule has 1 N–H and O–H groups in total. The average Bonchev–Trinajstić information content (AvgIpc) is 2.58. The molecule has 1 amide bonds. The smallest absolute Gasteiger partial charge is 0.342 e. The molecule has 22 heavy (non-hydrogen) atoms. The number of methoxy groups -OCH3 is 1. The third-order valence-corrected chi connectivity index (χ3v) is 2.99. The fourth-order valence-corrected chi connectivity index (χ4v) is 1.87. The summed E-state index contributed by atoms with van der Waals surface area (Å²) in [5.41, 5.74) is 1.27. The minimum absolute atomic E-state index is 0.292. The van der Waals surface area contributed by atoms with Crippen molar-refractivity contribution in [3.05, 3.63) is 65.7 Å². The molecule has 0 saturated carbocycles. The second-order valence-electron chi connectivity index (χ2n) is 4.54. The molecule has 0 saturated heterocycles. The highest BCUT2D eigenvalue weighted by atomic mass is 16.5. The zero-order valence-electron chi connectivity index (χ0n) is 12.2. The Morgan fingerprint density at radius 1 is 1.00 bits per heavy atom. The summed E-state index contributed by atoms with van der Waals surface area (Å²) in [6, 6.07) is 16.2. The standard InChI is InChI=1S/C17H17NO4/c1-21-15-10-6-5-9-14(15)17(20)22-12-16(19)18-11-13-7-3-2-4-8-13/h2-10H,11-12H2,1H3,(H,18,19). The van der Waals surface area contributed by atoms with Crippen LogP contribution in [0.3, 0.4) is 0 Å². The molecule has 0 unspecified atom stereocenters. The fraction of sp³-hybridized carbons (Fsp3) is 0.176. The van der Waals surface area contributed by atoms with E-state index < -0.39 is 5.97 Å². The third-order valence-electron chi connectivity index (χ3n) is 2.99. The van der Waals surface area contributed by atoms with Gasteiger partial charge in [0.05, 0.1) is 7.11 Å². The predicted octanol–water partition coefficient (Wildman–Crippen LogP) is 2.17. The van der Waals surface area contributed by atoms with Gasteiger partial charge in [-0.3, -0.25) is 4.79 Å². The second-order valence-corrected chi connectivity index (χ2v) is 4.54. The van der Waals surface area contributed by atoms with Gasteiger partial charge >= 0.3 is 5.97 Å². The minimum Gasteiger partial charge on any atom is -0.496 e. The number of hydrogen-bond donors (Lipinski definition) is 1. The lowest BCUT2D eigenvalue weighted by atomic mass is 10.2. The van der Waals surface area contributed by atoms with E-state index in [1.807, 2.05) is 30.3 Å². The van der Waals surface area contributed by atoms with Gasteiger partial charge in [0, 0.05) is 6.54 Å². The molecule has 0 aliphatic carbocycles. The number of carbonyl (C=O) groups excluding carboxylic acids is 2. The SMILES string of the molecule is COc1ccccc1C(=O)OCC(=O)NCc1ccccc1. The van der Waals surface area contributed by atoms with Gasteiger partial charge in [-0.25, -0.2) is 4.79 Å². The van der Waals surface area contributed by atoms with Crippen LogP contribution in [-0.2, 0) is 16.1 Å². The summed E-state index contributed by atoms with van der Waals surface area (Å²) in [6.07, 6.45) is 0. The van der Waals surface area contributed by atoms with Crippen LogP contribution in [0.5, 0.6) is 5.75 Å². The maximum atomic E-state index is 11.9. The topological polar surface area (TPSA) is 64.6 Å². The summed E-state index contributed by atoms with van der Waals surface area (Å²) < 4.78 is 10.1. The summed E-state index contributed by atoms with van der Waals surface area (Å²) in [6.45, 7) is 0.0651. The van der Waals surface area contributed by atoms with Gasteiger partial charge in [0.25, 0.3) is 5.91 Å². The largest absolute Gasteiger partial charge is 0.496 e. The quantitative estimate of drug-likeness (QED) is 0.830. The van der Waals surface area contributed by atoms with Crippen molar-refractivity contribution in [1.29, 1.82) is 0 Å². The van der Waals surface area contributed by atoms with Crippen LogP contribution in [0.2, 0.25) is 0 Å². The number of rotatable bonds is 6. The van der Waals surface area contributed by atoms with Crippen molar-refractivity contribution in [2.24, 2.45) is 0 Å². The Balaban J connectivity index is 1.82. The Labute approximate surface area is 128 Å². The number of carbonyl (C=O) groups is 2. The van der Waals surface area contributed by atoms with Gasteiger partial charge in [-0.2, -0.15) is 0 Å². The zero-order chi connectivity index (χ0) is 15.8. The first-order chi connectivity index (χ1) is 10.7. The van der Waals surface area contributed by atoms with Gasteiger partial charge in [0.1, 0.15) is 11.3 Å². The molecule has 0 atom stereocenters. The van der Waals surface area contributed by atoms with E-state index in [1.165, 1.54) is 7.11 Å². The minimum atomic E-state index is -0.590. The van der Waals surface area contributed by atoms with Crippen molar-refractivity contribution in [3.8, 4) is 5.75 Å². The molecule has 2 aromatic rings. The van der Waals surface area contributed by atoms with Gasteiger partial charge in [0.2, 0.25) is 0 Å². The van der Waals surface area contributed by atoms with E-state index in [0.717, 1.165) is 5.56 Å². The Morgan fingerprint density at radius 2 is 1.68 bits per heavy atom. The maximum Gasteiger partial charge on any atom is 0.342 e. The molecule has 0 radical (unpaired) electrons. The van der Waals surface area contributed by atoms with Gasteiger partial charge in [-0.1, -0.05) is 42.5 Å². The van der Waals surface area contributed by atoms with Crippen molar-refractivity contribution in [1.82, 2.24) is 5.32 Å². The van der Waals surface area contributed by atoms with Crippen molar-refractivity contribution < 1.29 is 19.1 Å². The van der Waals surface area contributed by atoms with Crippen molar-refractivity contribution in [2.45, 2.75) is 6.54 Å². The number of benzene rings is 2. The van der Waals surface area contributed by atoms with E-state index in [-0.39, 0.29) is 12.5 Å². The molecule has 0 aliphatic rings. The van der Waals surface area contributed by atoms with E-state index >= 15 is 0 Å². The number of para-hydroxylation sites is 1. The van der Waals surface area contributed by atoms with Crippen molar-refractivity contribution in [2.75, 3.05) is 13.7 Å². The van der Waals surface area contributed by atoms with E-state index in [0.29, 0.717) is 17.9 Å². The normalized spacial score (nSPS) is 9.86. The molecular formula is C17H17NO4. The van der Waals surface area contributed by atoms with E-state index in [1.54, 1.807) is 24.3 Å². The number of hydrogen-bond acceptors (Lipinski definition) is 4. The second kappa shape index (κ2) is 7.83. The summed E-state index contributed by atoms with van der Waals surface area (Å²) in [4.78, 5) is 23.6. The van der Waals surface area contributed by atoms with E-state index in [9.17, 15) is 9.59 Å². The first kappa shape index (κ1) is 15.6. The fourth-order valence-electron chi connectivity index (χ4n) is 1.87. The van der Waals surface area contributed by atoms with Gasteiger partial charge in [0.15, 0.2) is 6.61 Å². The van der Waals surface area contributed by atoms with Crippen LogP contribution >= 0.6 is 0 Å². The van der Waals surface area contributed by atoms with Gasteiger partial charge in [-0.05, 0) is 17.7 Å². The molecule has 0 bridgehead atoms. The lowest BCUT2D eigenvalue weighted by Crippen LogP contribution is -2.28. The van der Waals surface area contributed by atoms with Crippen LogP contribution in [0.25, 0.3) is 0 Å². The Hall–Kier alpha value is -2.82. The number of esters is 1. The molecule has 0 fully saturated rings. The summed E-state index contributed by atoms with van der Waals surface area (Å²) in [5, 5.41) is 2.69. The summed E-state index contributed by atoms with van der Waals surface area (Å²) in [7, 11) is 1.47. The summed E-state index contributed by atoms with van der Waals surface area (Å²) in [5.74, 6) is -0.531. The number of amides is 1. The maximum absolute atomic E-state index is 11.9. The van der Waals surface area contributed by atoms with Crippen LogP contribution in [0, 0.1) is 0 Å². The molecule has 5 nitrogen and oxygen atoms in total. The molecule has 0 spiro atoms. The molecular weight excluding hydrogens is 282 g/mol.